The van der Waals surface area contributed by atoms with Crippen LogP contribution in [0.15, 0.2) is 35.1 Å². The zero-order valence-electron chi connectivity index (χ0n) is 8.73. The number of nitrogens with two attached hydrogens (primary N) is 1. The Bertz CT molecular complexity index is 519. The minimum atomic E-state index is -0.344. The van der Waals surface area contributed by atoms with Crippen LogP contribution in [0.25, 0.3) is 0 Å². The summed E-state index contributed by atoms with van der Waals surface area (Å²) >= 11 is 3.19. The van der Waals surface area contributed by atoms with E-state index in [0.29, 0.717) is 16.8 Å². The summed E-state index contributed by atoms with van der Waals surface area (Å²) in [6.07, 6.45) is 3.17. The molecule has 0 aliphatic rings. The lowest BCUT2D eigenvalue weighted by molar-refractivity contribution is 0.437. The van der Waals surface area contributed by atoms with Gasteiger partial charge in [-0.2, -0.15) is 0 Å². The average molecular weight is 298 g/mol. The first-order valence-electron chi connectivity index (χ1n) is 4.83. The number of halogens is 2. The van der Waals surface area contributed by atoms with Crippen molar-refractivity contribution in [3.8, 4) is 11.8 Å². The van der Waals surface area contributed by atoms with Gasteiger partial charge in [0, 0.05) is 24.5 Å². The number of benzene rings is 1. The van der Waals surface area contributed by atoms with Gasteiger partial charge < -0.3 is 10.5 Å². The van der Waals surface area contributed by atoms with Crippen LogP contribution in [-0.2, 0) is 6.54 Å². The molecule has 0 amide bonds. The smallest absolute Gasteiger partial charge is 0.321 e. The van der Waals surface area contributed by atoms with Crippen molar-refractivity contribution < 1.29 is 9.13 Å². The lowest BCUT2D eigenvalue weighted by Crippen LogP contribution is -1.99. The van der Waals surface area contributed by atoms with E-state index in [1.165, 1.54) is 18.2 Å². The molecule has 0 radical (unpaired) electrons. The maximum Gasteiger partial charge on any atom is 0.321 e. The zero-order chi connectivity index (χ0) is 12.3. The van der Waals surface area contributed by atoms with Crippen LogP contribution in [0.4, 0.5) is 4.39 Å². The molecule has 2 aromatic rings. The van der Waals surface area contributed by atoms with Gasteiger partial charge >= 0.3 is 6.01 Å². The molecule has 1 aromatic carbocycles. The highest BCUT2D eigenvalue weighted by Gasteiger charge is 2.05. The third kappa shape index (κ3) is 2.98. The third-order valence-corrected chi connectivity index (χ3v) is 2.63. The second-order valence-electron chi connectivity index (χ2n) is 3.25. The van der Waals surface area contributed by atoms with Gasteiger partial charge in [-0.1, -0.05) is 0 Å². The van der Waals surface area contributed by atoms with Crippen molar-refractivity contribution in [3.63, 3.8) is 0 Å². The van der Waals surface area contributed by atoms with E-state index in [1.807, 2.05) is 0 Å². The molecule has 0 fully saturated rings. The molecule has 0 atom stereocenters. The van der Waals surface area contributed by atoms with Gasteiger partial charge in [0.2, 0.25) is 0 Å². The van der Waals surface area contributed by atoms with Crippen LogP contribution in [0.1, 0.15) is 5.56 Å². The van der Waals surface area contributed by atoms with Crippen LogP contribution < -0.4 is 10.5 Å². The summed E-state index contributed by atoms with van der Waals surface area (Å²) in [4.78, 5) is 7.96. The number of rotatable bonds is 3. The second kappa shape index (κ2) is 5.20. The van der Waals surface area contributed by atoms with Crippen LogP contribution in [0, 0.1) is 5.82 Å². The quantitative estimate of drug-likeness (QED) is 0.946. The Morgan fingerprint density at radius 2 is 2.00 bits per heavy atom. The first-order chi connectivity index (χ1) is 8.19. The van der Waals surface area contributed by atoms with Crippen LogP contribution in [0.2, 0.25) is 0 Å². The summed E-state index contributed by atoms with van der Waals surface area (Å²) < 4.78 is 18.7. The zero-order valence-corrected chi connectivity index (χ0v) is 10.3. The van der Waals surface area contributed by atoms with Crippen LogP contribution in [-0.4, -0.2) is 9.97 Å². The highest BCUT2D eigenvalue weighted by Crippen LogP contribution is 2.28. The van der Waals surface area contributed by atoms with Gasteiger partial charge in [0.15, 0.2) is 0 Å². The van der Waals surface area contributed by atoms with E-state index in [4.69, 9.17) is 10.5 Å². The summed E-state index contributed by atoms with van der Waals surface area (Å²) in [5, 5.41) is 0. The molecular formula is C11H9BrFN3O. The van der Waals surface area contributed by atoms with Crippen LogP contribution in [0.5, 0.6) is 11.8 Å². The molecule has 0 saturated heterocycles. The highest BCUT2D eigenvalue weighted by molar-refractivity contribution is 9.10. The van der Waals surface area contributed by atoms with Crippen molar-refractivity contribution in [3.05, 3.63) is 46.4 Å². The molecule has 0 spiro atoms. The molecule has 0 bridgehead atoms. The van der Waals surface area contributed by atoms with Crippen molar-refractivity contribution in [1.82, 2.24) is 9.97 Å². The molecule has 0 unspecified atom stereocenters. The SMILES string of the molecule is NCc1cnc(Oc2ccc(F)cc2Br)nc1. The third-order valence-electron chi connectivity index (χ3n) is 2.01. The molecule has 6 heteroatoms. The van der Waals surface area contributed by atoms with Crippen molar-refractivity contribution >= 4 is 15.9 Å². The molecule has 1 aromatic heterocycles. The summed E-state index contributed by atoms with van der Waals surface area (Å²) in [5.41, 5.74) is 6.24. The van der Waals surface area contributed by atoms with Gasteiger partial charge in [-0.3, -0.25) is 0 Å². The van der Waals surface area contributed by atoms with Crippen molar-refractivity contribution in [2.45, 2.75) is 6.54 Å². The molecule has 0 saturated carbocycles. The topological polar surface area (TPSA) is 61.0 Å². The summed E-state index contributed by atoms with van der Waals surface area (Å²) in [6, 6.07) is 4.30. The Morgan fingerprint density at radius 1 is 1.29 bits per heavy atom. The fourth-order valence-electron chi connectivity index (χ4n) is 1.16. The minimum Gasteiger partial charge on any atom is -0.423 e. The summed E-state index contributed by atoms with van der Waals surface area (Å²) in [5.74, 6) is 0.107. The van der Waals surface area contributed by atoms with Gasteiger partial charge in [-0.15, -0.1) is 0 Å². The molecule has 0 aliphatic carbocycles. The van der Waals surface area contributed by atoms with E-state index in [-0.39, 0.29) is 11.8 Å². The van der Waals surface area contributed by atoms with Gasteiger partial charge in [0.05, 0.1) is 4.47 Å². The van der Waals surface area contributed by atoms with Crippen LogP contribution >= 0.6 is 15.9 Å². The average Bonchev–Trinajstić information content (AvgIpc) is 2.34. The summed E-state index contributed by atoms with van der Waals surface area (Å²) in [7, 11) is 0. The first-order valence-corrected chi connectivity index (χ1v) is 5.62. The van der Waals surface area contributed by atoms with Gasteiger partial charge in [0.25, 0.3) is 0 Å². The monoisotopic (exact) mass is 297 g/mol. The number of hydrogen-bond acceptors (Lipinski definition) is 4. The molecule has 0 aliphatic heterocycles. The molecule has 17 heavy (non-hydrogen) atoms. The van der Waals surface area contributed by atoms with E-state index in [0.717, 1.165) is 5.56 Å². The minimum absolute atomic E-state index is 0.189. The van der Waals surface area contributed by atoms with E-state index in [9.17, 15) is 4.39 Å². The normalized spacial score (nSPS) is 10.3. The fraction of sp³-hybridized carbons (Fsp3) is 0.0909. The maximum absolute atomic E-state index is 12.9. The molecule has 88 valence electrons. The highest BCUT2D eigenvalue weighted by atomic mass is 79.9. The molecule has 4 nitrogen and oxygen atoms in total. The number of nitrogens with zero attached hydrogens (tertiary/aromatic N) is 2. The van der Waals surface area contributed by atoms with Gasteiger partial charge in [0.1, 0.15) is 11.6 Å². The predicted octanol–water partition coefficient (Wildman–Crippen LogP) is 2.63. The molecule has 1 heterocycles. The van der Waals surface area contributed by atoms with E-state index in [2.05, 4.69) is 25.9 Å². The van der Waals surface area contributed by atoms with Gasteiger partial charge in [-0.25, -0.2) is 14.4 Å². The Morgan fingerprint density at radius 3 is 2.59 bits per heavy atom. The fourth-order valence-corrected chi connectivity index (χ4v) is 1.59. The number of hydrogen-bond donors (Lipinski definition) is 1. The van der Waals surface area contributed by atoms with Gasteiger partial charge in [-0.05, 0) is 34.1 Å². The largest absolute Gasteiger partial charge is 0.423 e. The Kier molecular flexibility index (Phi) is 3.65. The molecular weight excluding hydrogens is 289 g/mol. The van der Waals surface area contributed by atoms with Crippen molar-refractivity contribution in [1.29, 1.82) is 0 Å². The van der Waals surface area contributed by atoms with E-state index < -0.39 is 0 Å². The lowest BCUT2D eigenvalue weighted by atomic mass is 10.3. The Balaban J connectivity index is 2.19. The second-order valence-corrected chi connectivity index (χ2v) is 4.11. The van der Waals surface area contributed by atoms with Crippen molar-refractivity contribution in [2.75, 3.05) is 0 Å². The Labute approximate surface area is 106 Å². The van der Waals surface area contributed by atoms with Crippen LogP contribution in [0.3, 0.4) is 0 Å². The van der Waals surface area contributed by atoms with E-state index >= 15 is 0 Å². The van der Waals surface area contributed by atoms with Crippen molar-refractivity contribution in [2.24, 2.45) is 5.73 Å². The number of ether oxygens (including phenoxy) is 1. The molecule has 2 rings (SSSR count). The summed E-state index contributed by atoms with van der Waals surface area (Å²) in [6.45, 7) is 0.376. The van der Waals surface area contributed by atoms with E-state index in [1.54, 1.807) is 12.4 Å². The lowest BCUT2D eigenvalue weighted by Gasteiger charge is -2.05. The first kappa shape index (κ1) is 11.9. The number of aromatic nitrogens is 2. The predicted molar refractivity (Wildman–Crippen MR) is 64.1 cm³/mol. The molecule has 2 N–H and O–H groups in total. The standard InChI is InChI=1S/C11H9BrFN3O/c12-9-3-8(13)1-2-10(9)17-11-15-5-7(4-14)6-16-11/h1-3,5-6H,4,14H2. The maximum atomic E-state index is 12.9. The Hall–Kier alpha value is -1.53.